The molecule has 0 heterocycles. The predicted molar refractivity (Wildman–Crippen MR) is 129 cm³/mol. The summed E-state index contributed by atoms with van der Waals surface area (Å²) in [6.07, 6.45) is -0.720. The number of hydrogen-bond acceptors (Lipinski definition) is 5. The first kappa shape index (κ1) is 24.3. The lowest BCUT2D eigenvalue weighted by Gasteiger charge is -2.15. The van der Waals surface area contributed by atoms with Crippen LogP contribution in [0.3, 0.4) is 0 Å². The van der Waals surface area contributed by atoms with Gasteiger partial charge in [0.25, 0.3) is 17.7 Å². The van der Waals surface area contributed by atoms with Crippen molar-refractivity contribution in [2.24, 2.45) is 0 Å². The van der Waals surface area contributed by atoms with Gasteiger partial charge in [-0.3, -0.25) is 14.4 Å². The summed E-state index contributed by atoms with van der Waals surface area (Å²) in [6, 6.07) is 22.3. The quantitative estimate of drug-likeness (QED) is 0.402. The van der Waals surface area contributed by atoms with Gasteiger partial charge in [-0.1, -0.05) is 18.2 Å². The van der Waals surface area contributed by atoms with Crippen LogP contribution in [0.25, 0.3) is 0 Å². The molecule has 0 aliphatic rings. The van der Waals surface area contributed by atoms with E-state index >= 15 is 0 Å². The second-order valence-corrected chi connectivity index (χ2v) is 7.38. The zero-order chi connectivity index (χ0) is 24.3. The van der Waals surface area contributed by atoms with E-state index in [1.54, 1.807) is 86.8 Å². The van der Waals surface area contributed by atoms with Gasteiger partial charge in [-0.25, -0.2) is 0 Å². The Labute approximate surface area is 198 Å². The van der Waals surface area contributed by atoms with Crippen LogP contribution in [0, 0.1) is 0 Å². The first-order chi connectivity index (χ1) is 16.5. The maximum atomic E-state index is 12.4. The minimum atomic E-state index is -0.720. The van der Waals surface area contributed by atoms with E-state index in [9.17, 15) is 14.4 Å². The molecule has 3 aromatic carbocycles. The molecule has 3 aromatic rings. The summed E-state index contributed by atoms with van der Waals surface area (Å²) >= 11 is 0. The molecule has 3 N–H and O–H groups in total. The van der Waals surface area contributed by atoms with Crippen molar-refractivity contribution in [3.05, 3.63) is 90.0 Å². The number of rotatable bonds is 10. The molecular weight excluding hydrogens is 434 g/mol. The normalized spacial score (nSPS) is 11.1. The molecule has 0 aliphatic carbocycles. The van der Waals surface area contributed by atoms with E-state index in [2.05, 4.69) is 16.0 Å². The van der Waals surface area contributed by atoms with Gasteiger partial charge >= 0.3 is 0 Å². The largest absolute Gasteiger partial charge is 0.497 e. The summed E-state index contributed by atoms with van der Waals surface area (Å²) in [5, 5.41) is 8.26. The van der Waals surface area contributed by atoms with E-state index in [4.69, 9.17) is 9.47 Å². The standard InChI is InChI=1S/C26H27N3O5/c1-18(34-23-14-12-22(33-2)13-15-23)24(30)29-21-10-8-20(9-11-21)26(32)28-17-16-27-25(31)19-6-4-3-5-7-19/h3-15,18H,16-17H2,1-2H3,(H,27,31)(H,28,32)(H,29,30). The number of methoxy groups -OCH3 is 1. The van der Waals surface area contributed by atoms with Gasteiger partial charge in [-0.05, 0) is 67.6 Å². The molecule has 8 heteroatoms. The fraction of sp³-hybridized carbons (Fsp3) is 0.192. The fourth-order valence-corrected chi connectivity index (χ4v) is 3.01. The van der Waals surface area contributed by atoms with E-state index in [0.717, 1.165) is 0 Å². The zero-order valence-electron chi connectivity index (χ0n) is 19.0. The van der Waals surface area contributed by atoms with Crippen LogP contribution in [0.15, 0.2) is 78.9 Å². The molecule has 0 radical (unpaired) electrons. The van der Waals surface area contributed by atoms with E-state index < -0.39 is 6.10 Å². The Morgan fingerprint density at radius 2 is 1.26 bits per heavy atom. The molecule has 3 amide bonds. The average Bonchev–Trinajstić information content (AvgIpc) is 2.87. The lowest BCUT2D eigenvalue weighted by atomic mass is 10.2. The molecule has 0 aliphatic heterocycles. The molecule has 0 saturated carbocycles. The molecule has 1 atom stereocenters. The van der Waals surface area contributed by atoms with Crippen molar-refractivity contribution in [2.45, 2.75) is 13.0 Å². The van der Waals surface area contributed by atoms with Gasteiger partial charge in [0.05, 0.1) is 7.11 Å². The Bertz CT molecular complexity index is 1100. The predicted octanol–water partition coefficient (Wildman–Crippen LogP) is 3.26. The number of hydrogen-bond donors (Lipinski definition) is 3. The van der Waals surface area contributed by atoms with E-state index in [0.29, 0.717) is 34.9 Å². The van der Waals surface area contributed by atoms with Crippen LogP contribution in [0.2, 0.25) is 0 Å². The van der Waals surface area contributed by atoms with Crippen molar-refractivity contribution in [2.75, 3.05) is 25.5 Å². The minimum absolute atomic E-state index is 0.194. The first-order valence-electron chi connectivity index (χ1n) is 10.8. The summed E-state index contributed by atoms with van der Waals surface area (Å²) in [5.74, 6) is 0.464. The van der Waals surface area contributed by atoms with Gasteiger partial charge in [0.15, 0.2) is 6.10 Å². The van der Waals surface area contributed by atoms with Crippen molar-refractivity contribution in [3.8, 4) is 11.5 Å². The molecule has 0 saturated heterocycles. The van der Waals surface area contributed by atoms with Gasteiger partial charge in [-0.15, -0.1) is 0 Å². The molecular formula is C26H27N3O5. The van der Waals surface area contributed by atoms with Crippen LogP contribution in [-0.2, 0) is 4.79 Å². The van der Waals surface area contributed by atoms with Gasteiger partial charge in [0.2, 0.25) is 0 Å². The van der Waals surface area contributed by atoms with Crippen LogP contribution in [0.4, 0.5) is 5.69 Å². The second kappa shape index (κ2) is 12.1. The number of anilines is 1. The average molecular weight is 462 g/mol. The SMILES string of the molecule is COc1ccc(OC(C)C(=O)Nc2ccc(C(=O)NCCNC(=O)c3ccccc3)cc2)cc1. The lowest BCUT2D eigenvalue weighted by molar-refractivity contribution is -0.122. The summed E-state index contributed by atoms with van der Waals surface area (Å²) in [7, 11) is 1.58. The van der Waals surface area contributed by atoms with Crippen LogP contribution in [-0.4, -0.2) is 44.0 Å². The third-order valence-electron chi connectivity index (χ3n) is 4.89. The summed E-state index contributed by atoms with van der Waals surface area (Å²) in [4.78, 5) is 36.7. The molecule has 0 spiro atoms. The Morgan fingerprint density at radius 1 is 0.735 bits per heavy atom. The number of benzene rings is 3. The van der Waals surface area contributed by atoms with E-state index in [1.807, 2.05) is 6.07 Å². The molecule has 3 rings (SSSR count). The van der Waals surface area contributed by atoms with Gasteiger partial charge < -0.3 is 25.4 Å². The maximum absolute atomic E-state index is 12.4. The summed E-state index contributed by atoms with van der Waals surface area (Å²) < 4.78 is 10.7. The van der Waals surface area contributed by atoms with Gasteiger partial charge in [-0.2, -0.15) is 0 Å². The lowest BCUT2D eigenvalue weighted by Crippen LogP contribution is -2.34. The Balaban J connectivity index is 1.42. The van der Waals surface area contributed by atoms with Crippen molar-refractivity contribution in [3.63, 3.8) is 0 Å². The van der Waals surface area contributed by atoms with Crippen LogP contribution < -0.4 is 25.4 Å². The molecule has 176 valence electrons. The Kier molecular flexibility index (Phi) is 8.62. The molecule has 1 unspecified atom stereocenters. The number of ether oxygens (including phenoxy) is 2. The van der Waals surface area contributed by atoms with Crippen molar-refractivity contribution in [1.82, 2.24) is 10.6 Å². The third kappa shape index (κ3) is 7.09. The molecule has 0 aromatic heterocycles. The van der Waals surface area contributed by atoms with Gasteiger partial charge in [0, 0.05) is 29.9 Å². The van der Waals surface area contributed by atoms with Crippen LogP contribution >= 0.6 is 0 Å². The van der Waals surface area contributed by atoms with Crippen molar-refractivity contribution >= 4 is 23.4 Å². The highest BCUT2D eigenvalue weighted by Gasteiger charge is 2.15. The molecule has 0 bridgehead atoms. The molecule has 8 nitrogen and oxygen atoms in total. The maximum Gasteiger partial charge on any atom is 0.265 e. The van der Waals surface area contributed by atoms with Crippen LogP contribution in [0.5, 0.6) is 11.5 Å². The minimum Gasteiger partial charge on any atom is -0.497 e. The molecule has 0 fully saturated rings. The third-order valence-corrected chi connectivity index (χ3v) is 4.89. The Hall–Kier alpha value is -4.33. The van der Waals surface area contributed by atoms with Gasteiger partial charge in [0.1, 0.15) is 11.5 Å². The fourth-order valence-electron chi connectivity index (χ4n) is 3.01. The van der Waals surface area contributed by atoms with Crippen LogP contribution in [0.1, 0.15) is 27.6 Å². The summed E-state index contributed by atoms with van der Waals surface area (Å²) in [6.45, 7) is 2.24. The number of carbonyl (C=O) groups excluding carboxylic acids is 3. The summed E-state index contributed by atoms with van der Waals surface area (Å²) in [5.41, 5.74) is 1.55. The van der Waals surface area contributed by atoms with Crippen molar-refractivity contribution in [1.29, 1.82) is 0 Å². The smallest absolute Gasteiger partial charge is 0.265 e. The number of nitrogens with one attached hydrogen (secondary N) is 3. The Morgan fingerprint density at radius 3 is 1.82 bits per heavy atom. The number of amides is 3. The van der Waals surface area contributed by atoms with E-state index in [1.165, 1.54) is 0 Å². The second-order valence-electron chi connectivity index (χ2n) is 7.38. The highest BCUT2D eigenvalue weighted by molar-refractivity contribution is 5.97. The zero-order valence-corrected chi connectivity index (χ0v) is 19.0. The van der Waals surface area contributed by atoms with Crippen molar-refractivity contribution < 1.29 is 23.9 Å². The number of carbonyl (C=O) groups is 3. The highest BCUT2D eigenvalue weighted by Crippen LogP contribution is 2.19. The highest BCUT2D eigenvalue weighted by atomic mass is 16.5. The monoisotopic (exact) mass is 461 g/mol. The first-order valence-corrected chi connectivity index (χ1v) is 10.8. The van der Waals surface area contributed by atoms with E-state index in [-0.39, 0.29) is 24.3 Å². The topological polar surface area (TPSA) is 106 Å². The molecule has 34 heavy (non-hydrogen) atoms.